The normalized spacial score (nSPS) is 26.6. The second kappa shape index (κ2) is 13.3. The van der Waals surface area contributed by atoms with Crippen LogP contribution >= 0.6 is 15.9 Å². The van der Waals surface area contributed by atoms with Crippen molar-refractivity contribution in [3.8, 4) is 5.75 Å². The minimum Gasteiger partial charge on any atom is -0.507 e. The number of phenols is 1. The number of rotatable bonds is 9. The monoisotopic (exact) mass is 660 g/mol. The average Bonchev–Trinajstić information content (AvgIpc) is 3.55. The van der Waals surface area contributed by atoms with Crippen molar-refractivity contribution in [2.24, 2.45) is 23.7 Å². The number of fused-ring (bicyclic) bond motifs is 3. The van der Waals surface area contributed by atoms with Gasteiger partial charge in [-0.3, -0.25) is 19.4 Å². The minimum absolute atomic E-state index is 0.0108. The Kier molecular flexibility index (Phi) is 9.46. The molecule has 0 radical (unpaired) electrons. The quantitative estimate of drug-likeness (QED) is 0.225. The zero-order valence-electron chi connectivity index (χ0n) is 26.2. The van der Waals surface area contributed by atoms with Gasteiger partial charge in [0, 0.05) is 41.6 Å². The predicted octanol–water partition coefficient (Wildman–Crippen LogP) is 7.37. The first kappa shape index (κ1) is 31.3. The fraction of sp³-hybridized carbons (Fsp3) is 0.514. The highest BCUT2D eigenvalue weighted by molar-refractivity contribution is 9.10. The van der Waals surface area contributed by atoms with Gasteiger partial charge in [-0.25, -0.2) is 0 Å². The van der Waals surface area contributed by atoms with E-state index in [1.807, 2.05) is 18.2 Å². The molecule has 0 spiro atoms. The van der Waals surface area contributed by atoms with Crippen molar-refractivity contribution in [1.29, 1.82) is 0 Å². The molecule has 3 fully saturated rings. The molecule has 3 saturated heterocycles. The van der Waals surface area contributed by atoms with Crippen LogP contribution in [-0.4, -0.2) is 58.6 Å². The van der Waals surface area contributed by atoms with Gasteiger partial charge in [-0.2, -0.15) is 0 Å². The molecule has 44 heavy (non-hydrogen) atoms. The van der Waals surface area contributed by atoms with Gasteiger partial charge in [0.1, 0.15) is 5.75 Å². The lowest BCUT2D eigenvalue weighted by Crippen LogP contribution is -2.47. The summed E-state index contributed by atoms with van der Waals surface area (Å²) in [4.78, 5) is 32.2. The third-order valence-corrected chi connectivity index (χ3v) is 10.9. The van der Waals surface area contributed by atoms with Gasteiger partial charge >= 0.3 is 0 Å². The van der Waals surface area contributed by atoms with Crippen molar-refractivity contribution in [2.75, 3.05) is 19.7 Å². The first-order valence-electron chi connectivity index (χ1n) is 16.4. The number of carbonyl (C=O) groups is 2. The zero-order chi connectivity index (χ0) is 31.0. The maximum Gasteiger partial charge on any atom is 0.234 e. The van der Waals surface area contributed by atoms with Crippen LogP contribution in [0.25, 0.3) is 6.08 Å². The average molecular weight is 662 g/mol. The number of amides is 2. The Morgan fingerprint density at radius 3 is 2.52 bits per heavy atom. The van der Waals surface area contributed by atoms with E-state index in [-0.39, 0.29) is 47.5 Å². The van der Waals surface area contributed by atoms with E-state index in [2.05, 4.69) is 71.9 Å². The molecule has 0 unspecified atom stereocenters. The number of ether oxygens (including phenoxy) is 1. The van der Waals surface area contributed by atoms with Gasteiger partial charge in [0.05, 0.1) is 24.5 Å². The highest BCUT2D eigenvalue weighted by Crippen LogP contribution is 2.52. The number of likely N-dealkylation sites (tertiary alicyclic amines) is 2. The van der Waals surface area contributed by atoms with Crippen LogP contribution in [0.15, 0.2) is 69.7 Å². The standard InChI is InChI=1S/C37H45BrN2O4/c1-4-24(18-26-19-27(38)11-12-32(26)41)10-13-33-34-29(23(2)3)20-30-35(31(34)22-44-33)37(43)40(36(30)42)28-14-16-39(17-15-28)21-25-8-6-5-7-9-25/h5-9,11-12,18-19,23,28,30-31,33,35,41H,4,10,13-17,20-22H2,1-3H3/b24-18+/t30-,31+,33-,35-/m1/s1. The predicted molar refractivity (Wildman–Crippen MR) is 177 cm³/mol. The van der Waals surface area contributed by atoms with Gasteiger partial charge in [-0.15, -0.1) is 0 Å². The highest BCUT2D eigenvalue weighted by atomic mass is 79.9. The fourth-order valence-electron chi connectivity index (χ4n) is 8.05. The number of hydrogen-bond acceptors (Lipinski definition) is 5. The molecule has 3 heterocycles. The molecule has 2 amide bonds. The van der Waals surface area contributed by atoms with E-state index in [1.54, 1.807) is 11.0 Å². The van der Waals surface area contributed by atoms with Crippen LogP contribution in [0.1, 0.15) is 70.4 Å². The fourth-order valence-corrected chi connectivity index (χ4v) is 8.43. The Labute approximate surface area is 270 Å². The summed E-state index contributed by atoms with van der Waals surface area (Å²) in [7, 11) is 0. The summed E-state index contributed by atoms with van der Waals surface area (Å²) in [6.07, 6.45) is 6.96. The van der Waals surface area contributed by atoms with Crippen molar-refractivity contribution in [3.05, 3.63) is 80.8 Å². The van der Waals surface area contributed by atoms with Crippen molar-refractivity contribution < 1.29 is 19.4 Å². The number of aromatic hydroxyl groups is 1. The van der Waals surface area contributed by atoms with Crippen LogP contribution in [0.3, 0.4) is 0 Å². The van der Waals surface area contributed by atoms with E-state index >= 15 is 0 Å². The summed E-state index contributed by atoms with van der Waals surface area (Å²) in [5.74, 6) is 0.0866. The largest absolute Gasteiger partial charge is 0.507 e. The molecule has 1 aliphatic carbocycles. The number of imide groups is 1. The summed E-state index contributed by atoms with van der Waals surface area (Å²) < 4.78 is 7.42. The Balaban J connectivity index is 1.15. The summed E-state index contributed by atoms with van der Waals surface area (Å²) in [5.41, 5.74) is 5.98. The SMILES string of the molecule is CC/C(=C\c1cc(Br)ccc1O)CC[C@H]1OC[C@H]2C1=C(C(C)C)C[C@H]1C(=O)N(C3CCN(Cc4ccccc4)CC3)C(=O)[C@H]12. The van der Waals surface area contributed by atoms with E-state index in [4.69, 9.17) is 4.74 Å². The molecule has 6 nitrogen and oxygen atoms in total. The van der Waals surface area contributed by atoms with Crippen molar-refractivity contribution >= 4 is 33.8 Å². The molecule has 7 heteroatoms. The summed E-state index contributed by atoms with van der Waals surface area (Å²) >= 11 is 3.51. The summed E-state index contributed by atoms with van der Waals surface area (Å²) in [6, 6.07) is 16.0. The summed E-state index contributed by atoms with van der Waals surface area (Å²) in [6.45, 7) is 9.78. The lowest BCUT2D eigenvalue weighted by Gasteiger charge is -2.36. The number of benzene rings is 2. The Morgan fingerprint density at radius 2 is 1.82 bits per heavy atom. The first-order valence-corrected chi connectivity index (χ1v) is 17.2. The third kappa shape index (κ3) is 6.20. The van der Waals surface area contributed by atoms with Crippen LogP contribution in [0, 0.1) is 23.7 Å². The van der Waals surface area contributed by atoms with E-state index in [0.29, 0.717) is 18.9 Å². The minimum atomic E-state index is -0.299. The van der Waals surface area contributed by atoms with Crippen LogP contribution in [-0.2, 0) is 20.9 Å². The number of allylic oxidation sites excluding steroid dienone is 2. The molecule has 0 aromatic heterocycles. The van der Waals surface area contributed by atoms with Crippen LogP contribution < -0.4 is 0 Å². The second-order valence-corrected chi connectivity index (χ2v) is 14.3. The first-order chi connectivity index (χ1) is 21.2. The van der Waals surface area contributed by atoms with Gasteiger partial charge in [-0.1, -0.05) is 84.3 Å². The Morgan fingerprint density at radius 1 is 1.07 bits per heavy atom. The number of nitrogens with zero attached hydrogens (tertiary/aromatic N) is 2. The van der Waals surface area contributed by atoms with E-state index in [0.717, 1.165) is 61.8 Å². The molecular weight excluding hydrogens is 616 g/mol. The van der Waals surface area contributed by atoms with Gasteiger partial charge in [0.2, 0.25) is 11.8 Å². The second-order valence-electron chi connectivity index (χ2n) is 13.3. The molecule has 4 atom stereocenters. The van der Waals surface area contributed by atoms with Gasteiger partial charge in [0.25, 0.3) is 0 Å². The lowest BCUT2D eigenvalue weighted by molar-refractivity contribution is -0.144. The third-order valence-electron chi connectivity index (χ3n) is 10.4. The zero-order valence-corrected chi connectivity index (χ0v) is 27.8. The van der Waals surface area contributed by atoms with E-state index in [9.17, 15) is 14.7 Å². The Bertz CT molecular complexity index is 1440. The van der Waals surface area contributed by atoms with Crippen molar-refractivity contribution in [3.63, 3.8) is 0 Å². The number of hydrogen-bond donors (Lipinski definition) is 1. The summed E-state index contributed by atoms with van der Waals surface area (Å²) in [5, 5.41) is 10.4. The number of phenolic OH excluding ortho intramolecular Hbond substituents is 1. The molecular formula is C37H45BrN2O4. The molecule has 0 bridgehead atoms. The molecule has 2 aromatic rings. The molecule has 1 N–H and O–H groups in total. The maximum atomic E-state index is 14.1. The molecule has 0 saturated carbocycles. The van der Waals surface area contributed by atoms with Gasteiger partial charge in [-0.05, 0) is 73.8 Å². The van der Waals surface area contributed by atoms with Crippen LogP contribution in [0.2, 0.25) is 0 Å². The van der Waals surface area contributed by atoms with Crippen LogP contribution in [0.5, 0.6) is 5.75 Å². The molecule has 2 aromatic carbocycles. The van der Waals surface area contributed by atoms with Gasteiger partial charge in [0.15, 0.2) is 0 Å². The highest BCUT2D eigenvalue weighted by Gasteiger charge is 2.58. The smallest absolute Gasteiger partial charge is 0.234 e. The molecule has 3 aliphatic heterocycles. The molecule has 234 valence electrons. The van der Waals surface area contributed by atoms with Crippen molar-refractivity contribution in [1.82, 2.24) is 9.80 Å². The molecule has 6 rings (SSSR count). The van der Waals surface area contributed by atoms with Gasteiger partial charge < -0.3 is 9.84 Å². The number of piperidine rings is 1. The topological polar surface area (TPSA) is 70.1 Å². The maximum absolute atomic E-state index is 14.1. The van der Waals surface area contributed by atoms with E-state index in [1.165, 1.54) is 22.3 Å². The Hall–Kier alpha value is -2.74. The van der Waals surface area contributed by atoms with Crippen molar-refractivity contribution in [2.45, 2.75) is 78.0 Å². The lowest BCUT2D eigenvalue weighted by atomic mass is 9.67. The molecule has 4 aliphatic rings. The van der Waals surface area contributed by atoms with E-state index < -0.39 is 0 Å². The van der Waals surface area contributed by atoms with Crippen LogP contribution in [0.4, 0.5) is 0 Å². The number of carbonyl (C=O) groups excluding carboxylic acids is 2. The number of halogens is 1.